The van der Waals surface area contributed by atoms with Gasteiger partial charge in [0.1, 0.15) is 6.04 Å². The normalized spacial score (nSPS) is 29.2. The van der Waals surface area contributed by atoms with E-state index in [2.05, 4.69) is 5.32 Å². The maximum Gasteiger partial charge on any atom is 0.322 e. The average Bonchev–Trinajstić information content (AvgIpc) is 2.69. The number of thiophene rings is 1. The monoisotopic (exact) mass is 243 g/mol. The Morgan fingerprint density at radius 2 is 2.33 bits per heavy atom. The molecule has 0 radical (unpaired) electrons. The summed E-state index contributed by atoms with van der Waals surface area (Å²) in [5, 5.41) is 14.4. The summed E-state index contributed by atoms with van der Waals surface area (Å²) in [6.45, 7) is 3.94. The van der Waals surface area contributed by atoms with E-state index in [-0.39, 0.29) is 10.1 Å². The molecule has 1 aromatic rings. The van der Waals surface area contributed by atoms with Gasteiger partial charge in [-0.25, -0.2) is 0 Å². The summed E-state index contributed by atoms with van der Waals surface area (Å²) in [5.41, 5.74) is 0. The van der Waals surface area contributed by atoms with E-state index in [0.29, 0.717) is 0 Å². The summed E-state index contributed by atoms with van der Waals surface area (Å²) in [7, 11) is 0. The predicted octanol–water partition coefficient (Wildman–Crippen LogP) is 2.31. The van der Waals surface area contributed by atoms with Crippen LogP contribution in [-0.2, 0) is 4.79 Å². The van der Waals surface area contributed by atoms with E-state index in [9.17, 15) is 4.79 Å². The van der Waals surface area contributed by atoms with E-state index in [1.54, 1.807) is 23.1 Å². The Labute approximate surface area is 96.9 Å². The highest BCUT2D eigenvalue weighted by Crippen LogP contribution is 2.46. The summed E-state index contributed by atoms with van der Waals surface area (Å²) >= 11 is 3.34. The van der Waals surface area contributed by atoms with Crippen molar-refractivity contribution in [2.24, 2.45) is 0 Å². The van der Waals surface area contributed by atoms with Crippen LogP contribution >= 0.6 is 23.1 Å². The van der Waals surface area contributed by atoms with Crippen LogP contribution < -0.4 is 5.32 Å². The number of carboxylic acid groups (broad SMARTS) is 1. The second-order valence-electron chi connectivity index (χ2n) is 4.05. The molecule has 3 nitrogen and oxygen atoms in total. The zero-order valence-electron chi connectivity index (χ0n) is 8.56. The third-order valence-electron chi connectivity index (χ3n) is 2.48. The molecule has 2 heterocycles. The quantitative estimate of drug-likeness (QED) is 0.837. The van der Waals surface area contributed by atoms with Crippen molar-refractivity contribution in [2.45, 2.75) is 30.0 Å². The van der Waals surface area contributed by atoms with Gasteiger partial charge in [0.05, 0.1) is 5.37 Å². The smallest absolute Gasteiger partial charge is 0.322 e. The number of carboxylic acids is 1. The molecule has 1 unspecified atom stereocenters. The van der Waals surface area contributed by atoms with E-state index in [1.807, 2.05) is 31.4 Å². The Morgan fingerprint density at radius 3 is 2.80 bits per heavy atom. The van der Waals surface area contributed by atoms with Crippen molar-refractivity contribution in [3.8, 4) is 0 Å². The zero-order chi connectivity index (χ0) is 11.1. The molecule has 1 saturated heterocycles. The lowest BCUT2D eigenvalue weighted by Crippen LogP contribution is -2.43. The van der Waals surface area contributed by atoms with Crippen LogP contribution in [0.3, 0.4) is 0 Å². The van der Waals surface area contributed by atoms with Gasteiger partial charge in [0.2, 0.25) is 0 Å². The summed E-state index contributed by atoms with van der Waals surface area (Å²) < 4.78 is -0.263. The first-order valence-electron chi connectivity index (χ1n) is 4.71. The number of rotatable bonds is 2. The van der Waals surface area contributed by atoms with Crippen LogP contribution in [0.25, 0.3) is 0 Å². The first-order valence-corrected chi connectivity index (χ1v) is 6.47. The van der Waals surface area contributed by atoms with Gasteiger partial charge in [-0.3, -0.25) is 10.1 Å². The van der Waals surface area contributed by atoms with Crippen LogP contribution in [0.5, 0.6) is 0 Å². The SMILES string of the molecule is CC1(C)SC(c2cccs2)N[C@H]1C(=O)O. The van der Waals surface area contributed by atoms with Crippen molar-refractivity contribution in [3.05, 3.63) is 22.4 Å². The minimum atomic E-state index is -0.772. The molecule has 15 heavy (non-hydrogen) atoms. The molecule has 2 atom stereocenters. The molecule has 0 aromatic carbocycles. The Kier molecular flexibility index (Phi) is 2.79. The van der Waals surface area contributed by atoms with Crippen molar-refractivity contribution in [1.29, 1.82) is 0 Å². The van der Waals surface area contributed by atoms with E-state index in [0.717, 1.165) is 0 Å². The van der Waals surface area contributed by atoms with Crippen molar-refractivity contribution >= 4 is 29.1 Å². The minimum Gasteiger partial charge on any atom is -0.480 e. The Bertz CT molecular complexity index is 362. The Balaban J connectivity index is 2.19. The largest absolute Gasteiger partial charge is 0.480 e. The standard InChI is InChI=1S/C10H13NO2S2/c1-10(2)7(9(12)13)11-8(15-10)6-4-3-5-14-6/h3-5,7-8,11H,1-2H3,(H,12,13)/t7-,8?/m0/s1. The van der Waals surface area contributed by atoms with E-state index < -0.39 is 12.0 Å². The second-order valence-corrected chi connectivity index (χ2v) is 6.79. The van der Waals surface area contributed by atoms with Gasteiger partial charge < -0.3 is 5.11 Å². The number of hydrogen-bond acceptors (Lipinski definition) is 4. The summed E-state index contributed by atoms with van der Waals surface area (Å²) in [5.74, 6) is -0.772. The molecular formula is C10H13NO2S2. The van der Waals surface area contributed by atoms with Gasteiger partial charge in [-0.05, 0) is 25.3 Å². The van der Waals surface area contributed by atoms with Gasteiger partial charge in [-0.1, -0.05) is 6.07 Å². The molecule has 1 aromatic heterocycles. The summed E-state index contributed by atoms with van der Waals surface area (Å²) in [6, 6.07) is 3.55. The molecule has 82 valence electrons. The maximum absolute atomic E-state index is 11.1. The van der Waals surface area contributed by atoms with E-state index >= 15 is 0 Å². The highest BCUT2D eigenvalue weighted by atomic mass is 32.2. The fourth-order valence-electron chi connectivity index (χ4n) is 1.71. The van der Waals surface area contributed by atoms with Crippen LogP contribution in [-0.4, -0.2) is 21.9 Å². The fourth-order valence-corrected chi connectivity index (χ4v) is 3.99. The zero-order valence-corrected chi connectivity index (χ0v) is 10.2. The molecule has 0 amide bonds. The first-order chi connectivity index (χ1) is 7.00. The molecule has 1 aliphatic heterocycles. The predicted molar refractivity (Wildman–Crippen MR) is 63.3 cm³/mol. The topological polar surface area (TPSA) is 49.3 Å². The van der Waals surface area contributed by atoms with Crippen molar-refractivity contribution in [1.82, 2.24) is 5.32 Å². The van der Waals surface area contributed by atoms with E-state index in [1.165, 1.54) is 4.88 Å². The average molecular weight is 243 g/mol. The summed E-state index contributed by atoms with van der Waals surface area (Å²) in [6.07, 6.45) is 0. The van der Waals surface area contributed by atoms with E-state index in [4.69, 9.17) is 5.11 Å². The minimum absolute atomic E-state index is 0.112. The molecule has 2 N–H and O–H groups in total. The number of hydrogen-bond donors (Lipinski definition) is 2. The molecule has 1 fully saturated rings. The second kappa shape index (κ2) is 3.81. The molecule has 2 rings (SSSR count). The Hall–Kier alpha value is -0.520. The number of carbonyl (C=O) groups is 1. The number of nitrogens with one attached hydrogen (secondary N) is 1. The summed E-state index contributed by atoms with van der Waals surface area (Å²) in [4.78, 5) is 12.3. The lowest BCUT2D eigenvalue weighted by molar-refractivity contribution is -0.139. The molecule has 0 spiro atoms. The molecule has 0 bridgehead atoms. The Morgan fingerprint density at radius 1 is 1.60 bits per heavy atom. The van der Waals surface area contributed by atoms with Gasteiger partial charge in [-0.15, -0.1) is 23.1 Å². The maximum atomic E-state index is 11.1. The molecule has 1 aliphatic rings. The highest BCUT2D eigenvalue weighted by Gasteiger charge is 2.45. The molecule has 5 heteroatoms. The third kappa shape index (κ3) is 2.04. The van der Waals surface area contributed by atoms with Crippen molar-refractivity contribution < 1.29 is 9.90 Å². The van der Waals surface area contributed by atoms with Crippen molar-refractivity contribution in [2.75, 3.05) is 0 Å². The van der Waals surface area contributed by atoms with Crippen LogP contribution in [0.4, 0.5) is 0 Å². The number of thioether (sulfide) groups is 1. The lowest BCUT2D eigenvalue weighted by Gasteiger charge is -2.20. The fraction of sp³-hybridized carbons (Fsp3) is 0.500. The van der Waals surface area contributed by atoms with Crippen LogP contribution in [0.15, 0.2) is 17.5 Å². The highest BCUT2D eigenvalue weighted by molar-refractivity contribution is 8.01. The molecule has 0 aliphatic carbocycles. The number of aliphatic carboxylic acids is 1. The lowest BCUT2D eigenvalue weighted by atomic mass is 10.0. The molecular weight excluding hydrogens is 230 g/mol. The van der Waals surface area contributed by atoms with Crippen molar-refractivity contribution in [3.63, 3.8) is 0 Å². The third-order valence-corrected chi connectivity index (χ3v) is 5.04. The molecule has 0 saturated carbocycles. The van der Waals surface area contributed by atoms with Crippen LogP contribution in [0, 0.1) is 0 Å². The van der Waals surface area contributed by atoms with Crippen LogP contribution in [0.2, 0.25) is 0 Å². The van der Waals surface area contributed by atoms with Gasteiger partial charge in [0, 0.05) is 9.62 Å². The van der Waals surface area contributed by atoms with Crippen LogP contribution in [0.1, 0.15) is 24.1 Å². The van der Waals surface area contributed by atoms with Gasteiger partial charge in [0.25, 0.3) is 0 Å². The first kappa shape index (κ1) is 11.0. The van der Waals surface area contributed by atoms with Gasteiger partial charge in [0.15, 0.2) is 0 Å². The van der Waals surface area contributed by atoms with Gasteiger partial charge >= 0.3 is 5.97 Å². The van der Waals surface area contributed by atoms with Gasteiger partial charge in [-0.2, -0.15) is 0 Å².